The second-order valence-corrected chi connectivity index (χ2v) is 5.83. The summed E-state index contributed by atoms with van der Waals surface area (Å²) in [6, 6.07) is 2.62. The van der Waals surface area contributed by atoms with Crippen LogP contribution in [0.3, 0.4) is 0 Å². The largest absolute Gasteiger partial charge is 0.480 e. The molecule has 11 heteroatoms. The highest BCUT2D eigenvalue weighted by atomic mass is 19.4. The number of methoxy groups -OCH3 is 1. The fraction of sp³-hybridized carbons (Fsp3) is 0.529. The summed E-state index contributed by atoms with van der Waals surface area (Å²) in [6.07, 6.45) is -1.50. The van der Waals surface area contributed by atoms with E-state index < -0.39 is 23.3 Å². The number of carbonyl (C=O) groups excluding carboxylic acids is 1. The third kappa shape index (κ3) is 5.65. The molecule has 1 N–H and O–H groups in total. The standard InChI is InChI=1S/C17H22F3N5O3/c1-3-4-9-28-10-5-8-21-16(26)12-11-22-25(15(12)17(18,19)20)13-6-7-14(27-2)24-23-13/h6-7,11H,3-5,8-10H2,1-2H3,(H,21,26). The number of alkyl halides is 3. The molecule has 2 aromatic rings. The Morgan fingerprint density at radius 2 is 1.96 bits per heavy atom. The van der Waals surface area contributed by atoms with E-state index in [9.17, 15) is 18.0 Å². The minimum Gasteiger partial charge on any atom is -0.480 e. The number of nitrogens with zero attached hydrogens (tertiary/aromatic N) is 4. The van der Waals surface area contributed by atoms with Crippen LogP contribution in [0.5, 0.6) is 5.88 Å². The van der Waals surface area contributed by atoms with Crippen molar-refractivity contribution < 1.29 is 27.4 Å². The third-order valence-electron chi connectivity index (χ3n) is 3.73. The fourth-order valence-electron chi connectivity index (χ4n) is 2.32. The number of amides is 1. The summed E-state index contributed by atoms with van der Waals surface area (Å²) >= 11 is 0. The first-order valence-electron chi connectivity index (χ1n) is 8.77. The lowest BCUT2D eigenvalue weighted by atomic mass is 10.2. The van der Waals surface area contributed by atoms with Gasteiger partial charge in [-0.1, -0.05) is 13.3 Å². The van der Waals surface area contributed by atoms with Crippen molar-refractivity contribution in [2.45, 2.75) is 32.4 Å². The lowest BCUT2D eigenvalue weighted by Crippen LogP contribution is -2.28. The number of hydrogen-bond donors (Lipinski definition) is 1. The maximum Gasteiger partial charge on any atom is 0.434 e. The molecule has 0 fully saturated rings. The van der Waals surface area contributed by atoms with Gasteiger partial charge in [0.1, 0.15) is 0 Å². The highest BCUT2D eigenvalue weighted by Crippen LogP contribution is 2.33. The number of nitrogens with one attached hydrogen (secondary N) is 1. The number of unbranched alkanes of at least 4 members (excludes halogenated alkanes) is 1. The number of carbonyl (C=O) groups is 1. The van der Waals surface area contributed by atoms with Crippen LogP contribution in [0, 0.1) is 0 Å². The minimum absolute atomic E-state index is 0.142. The Bertz CT molecular complexity index is 762. The maximum absolute atomic E-state index is 13.6. The van der Waals surface area contributed by atoms with Gasteiger partial charge < -0.3 is 14.8 Å². The smallest absolute Gasteiger partial charge is 0.434 e. The van der Waals surface area contributed by atoms with E-state index in [1.54, 1.807) is 0 Å². The van der Waals surface area contributed by atoms with Gasteiger partial charge in [-0.25, -0.2) is 4.68 Å². The molecule has 0 aliphatic carbocycles. The molecule has 0 unspecified atom stereocenters. The van der Waals surface area contributed by atoms with Gasteiger partial charge in [-0.3, -0.25) is 4.79 Å². The van der Waals surface area contributed by atoms with Crippen LogP contribution in [0.25, 0.3) is 5.82 Å². The lowest BCUT2D eigenvalue weighted by Gasteiger charge is -2.12. The van der Waals surface area contributed by atoms with Crippen LogP contribution < -0.4 is 10.1 Å². The van der Waals surface area contributed by atoms with E-state index >= 15 is 0 Å². The Morgan fingerprint density at radius 1 is 1.21 bits per heavy atom. The van der Waals surface area contributed by atoms with E-state index in [-0.39, 0.29) is 18.2 Å². The SMILES string of the molecule is CCCCOCCCNC(=O)c1cnn(-c2ccc(OC)nn2)c1C(F)(F)F. The molecule has 2 rings (SSSR count). The Kier molecular flexibility index (Phi) is 7.73. The quantitative estimate of drug-likeness (QED) is 0.616. The van der Waals surface area contributed by atoms with Crippen LogP contribution in [-0.2, 0) is 10.9 Å². The van der Waals surface area contributed by atoms with Gasteiger partial charge in [0, 0.05) is 25.8 Å². The van der Waals surface area contributed by atoms with E-state index in [1.165, 1.54) is 19.2 Å². The molecule has 2 aromatic heterocycles. The molecule has 0 radical (unpaired) electrons. The van der Waals surface area contributed by atoms with Crippen LogP contribution in [0.1, 0.15) is 42.2 Å². The zero-order chi connectivity index (χ0) is 20.6. The predicted octanol–water partition coefficient (Wildman–Crippen LogP) is 2.63. The summed E-state index contributed by atoms with van der Waals surface area (Å²) < 4.78 is 51.4. The van der Waals surface area contributed by atoms with Crippen LogP contribution in [-0.4, -0.2) is 52.8 Å². The van der Waals surface area contributed by atoms with E-state index in [2.05, 4.69) is 20.6 Å². The van der Waals surface area contributed by atoms with Gasteiger partial charge in [-0.2, -0.15) is 18.3 Å². The van der Waals surface area contributed by atoms with E-state index in [4.69, 9.17) is 9.47 Å². The molecule has 0 spiro atoms. The van der Waals surface area contributed by atoms with Gasteiger partial charge in [0.15, 0.2) is 11.5 Å². The van der Waals surface area contributed by atoms with E-state index in [0.717, 1.165) is 19.0 Å². The van der Waals surface area contributed by atoms with Crippen molar-refractivity contribution in [2.75, 3.05) is 26.9 Å². The summed E-state index contributed by atoms with van der Waals surface area (Å²) in [5.74, 6) is -0.909. The average molecular weight is 401 g/mol. The first-order chi connectivity index (χ1) is 13.4. The molecular weight excluding hydrogens is 379 g/mol. The Hall–Kier alpha value is -2.69. The molecule has 0 atom stereocenters. The summed E-state index contributed by atoms with van der Waals surface area (Å²) in [6.45, 7) is 3.28. The van der Waals surface area contributed by atoms with Gasteiger partial charge >= 0.3 is 6.18 Å². The minimum atomic E-state index is -4.81. The molecule has 8 nitrogen and oxygen atoms in total. The maximum atomic E-state index is 13.6. The van der Waals surface area contributed by atoms with Crippen molar-refractivity contribution in [1.82, 2.24) is 25.3 Å². The number of halogens is 3. The van der Waals surface area contributed by atoms with Crippen molar-refractivity contribution >= 4 is 5.91 Å². The van der Waals surface area contributed by atoms with Gasteiger partial charge in [0.05, 0.1) is 18.9 Å². The summed E-state index contributed by atoms with van der Waals surface area (Å²) in [5, 5.41) is 13.4. The molecule has 28 heavy (non-hydrogen) atoms. The number of hydrogen-bond acceptors (Lipinski definition) is 6. The monoisotopic (exact) mass is 401 g/mol. The van der Waals surface area contributed by atoms with Gasteiger partial charge in [-0.15, -0.1) is 10.2 Å². The van der Waals surface area contributed by atoms with Crippen molar-refractivity contribution in [3.8, 4) is 11.7 Å². The topological polar surface area (TPSA) is 91.2 Å². The van der Waals surface area contributed by atoms with Crippen molar-refractivity contribution in [2.24, 2.45) is 0 Å². The second-order valence-electron chi connectivity index (χ2n) is 5.83. The molecule has 2 heterocycles. The van der Waals surface area contributed by atoms with Crippen LogP contribution >= 0.6 is 0 Å². The molecular formula is C17H22F3N5O3. The summed E-state index contributed by atoms with van der Waals surface area (Å²) in [4.78, 5) is 12.2. The number of rotatable bonds is 10. The van der Waals surface area contributed by atoms with Crippen LogP contribution in [0.15, 0.2) is 18.3 Å². The summed E-state index contributed by atoms with van der Waals surface area (Å²) in [7, 11) is 1.36. The molecule has 0 saturated carbocycles. The second kappa shape index (κ2) is 10.0. The normalized spacial score (nSPS) is 11.5. The molecule has 0 aromatic carbocycles. The van der Waals surface area contributed by atoms with Crippen molar-refractivity contribution in [3.63, 3.8) is 0 Å². The first kappa shape index (κ1) is 21.6. The van der Waals surface area contributed by atoms with Gasteiger partial charge in [0.25, 0.3) is 5.91 Å². The third-order valence-corrected chi connectivity index (χ3v) is 3.73. The van der Waals surface area contributed by atoms with E-state index in [1.807, 2.05) is 6.92 Å². The van der Waals surface area contributed by atoms with Gasteiger partial charge in [-0.05, 0) is 18.9 Å². The average Bonchev–Trinajstić information content (AvgIpc) is 3.13. The highest BCUT2D eigenvalue weighted by molar-refractivity contribution is 5.95. The number of aromatic nitrogens is 4. The van der Waals surface area contributed by atoms with Crippen molar-refractivity contribution in [1.29, 1.82) is 0 Å². The molecule has 0 aliphatic heterocycles. The highest BCUT2D eigenvalue weighted by Gasteiger charge is 2.40. The molecule has 0 bridgehead atoms. The zero-order valence-corrected chi connectivity index (χ0v) is 15.6. The zero-order valence-electron chi connectivity index (χ0n) is 15.6. The van der Waals surface area contributed by atoms with Crippen LogP contribution in [0.4, 0.5) is 13.2 Å². The molecule has 0 saturated heterocycles. The first-order valence-corrected chi connectivity index (χ1v) is 8.77. The number of ether oxygens (including phenoxy) is 2. The Balaban J connectivity index is 2.09. The van der Waals surface area contributed by atoms with Crippen molar-refractivity contribution in [3.05, 3.63) is 29.6 Å². The lowest BCUT2D eigenvalue weighted by molar-refractivity contribution is -0.143. The molecule has 154 valence electrons. The van der Waals surface area contributed by atoms with Crippen LogP contribution in [0.2, 0.25) is 0 Å². The van der Waals surface area contributed by atoms with E-state index in [0.29, 0.717) is 24.3 Å². The predicted molar refractivity (Wildman–Crippen MR) is 93.4 cm³/mol. The Morgan fingerprint density at radius 3 is 2.57 bits per heavy atom. The molecule has 0 aliphatic rings. The molecule has 1 amide bonds. The summed E-state index contributed by atoms with van der Waals surface area (Å²) in [5.41, 5.74) is -1.80. The fourth-order valence-corrected chi connectivity index (χ4v) is 2.32. The Labute approximate surface area is 160 Å². The van der Waals surface area contributed by atoms with Gasteiger partial charge in [0.2, 0.25) is 5.88 Å².